The highest BCUT2D eigenvalue weighted by atomic mass is 16.2. The summed E-state index contributed by atoms with van der Waals surface area (Å²) in [4.78, 5) is 14.1. The van der Waals surface area contributed by atoms with Crippen LogP contribution in [0.25, 0.3) is 0 Å². The number of hydrogen-bond acceptors (Lipinski definition) is 3. The first kappa shape index (κ1) is 15.4. The molecule has 1 fully saturated rings. The van der Waals surface area contributed by atoms with Gasteiger partial charge in [0.25, 0.3) is 5.91 Å². The molecule has 0 spiro atoms. The highest BCUT2D eigenvalue weighted by Gasteiger charge is 2.35. The van der Waals surface area contributed by atoms with Gasteiger partial charge in [-0.2, -0.15) is 0 Å². The predicted octanol–water partition coefficient (Wildman–Crippen LogP) is 2.05. The van der Waals surface area contributed by atoms with Crippen LogP contribution in [0.15, 0.2) is 0 Å². The van der Waals surface area contributed by atoms with Gasteiger partial charge in [0.15, 0.2) is 0 Å². The molecule has 1 amide bonds. The predicted molar refractivity (Wildman–Crippen MR) is 74.8 cm³/mol. The third kappa shape index (κ3) is 3.45. The number of piperidine rings is 1. The molecule has 0 aromatic rings. The number of carbonyl (C=O) groups is 1. The molecule has 1 saturated heterocycles. The Balaban J connectivity index is 2.61. The molecule has 4 nitrogen and oxygen atoms in total. The third-order valence-electron chi connectivity index (χ3n) is 4.81. The Kier molecular flexibility index (Phi) is 6.09. The van der Waals surface area contributed by atoms with Gasteiger partial charge in [0.05, 0.1) is 6.04 Å². The molecule has 0 saturated carbocycles. The van der Waals surface area contributed by atoms with E-state index < -0.39 is 0 Å². The Morgan fingerprint density at radius 1 is 1.28 bits per heavy atom. The number of rotatable bonds is 6. The average molecular weight is 255 g/mol. The molecule has 1 aliphatic rings. The summed E-state index contributed by atoms with van der Waals surface area (Å²) >= 11 is 0. The van der Waals surface area contributed by atoms with E-state index in [1.165, 1.54) is 25.7 Å². The van der Waals surface area contributed by atoms with Gasteiger partial charge in [-0.25, -0.2) is 5.84 Å². The van der Waals surface area contributed by atoms with Crippen molar-refractivity contribution in [1.29, 1.82) is 0 Å². The van der Waals surface area contributed by atoms with Crippen LogP contribution in [0.3, 0.4) is 0 Å². The monoisotopic (exact) mass is 255 g/mol. The summed E-state index contributed by atoms with van der Waals surface area (Å²) in [7, 11) is 0. The zero-order valence-corrected chi connectivity index (χ0v) is 12.2. The van der Waals surface area contributed by atoms with Crippen molar-refractivity contribution in [2.45, 2.75) is 65.3 Å². The summed E-state index contributed by atoms with van der Waals surface area (Å²) < 4.78 is 0. The molecule has 0 radical (unpaired) electrons. The van der Waals surface area contributed by atoms with Crippen molar-refractivity contribution in [2.24, 2.45) is 11.3 Å². The molecular weight excluding hydrogens is 226 g/mol. The molecule has 1 rings (SSSR count). The molecular formula is C14H29N3O. The van der Waals surface area contributed by atoms with Gasteiger partial charge in [-0.3, -0.25) is 15.1 Å². The molecule has 1 heterocycles. The van der Waals surface area contributed by atoms with Crippen LogP contribution in [0.2, 0.25) is 0 Å². The van der Waals surface area contributed by atoms with Gasteiger partial charge >= 0.3 is 0 Å². The summed E-state index contributed by atoms with van der Waals surface area (Å²) in [5.41, 5.74) is 2.82. The maximum absolute atomic E-state index is 11.8. The molecule has 1 atom stereocenters. The lowest BCUT2D eigenvalue weighted by atomic mass is 9.74. The second-order valence-electron chi connectivity index (χ2n) is 5.56. The molecule has 0 aromatic heterocycles. The highest BCUT2D eigenvalue weighted by Crippen LogP contribution is 2.38. The molecule has 4 heteroatoms. The quantitative estimate of drug-likeness (QED) is 0.434. The van der Waals surface area contributed by atoms with Crippen molar-refractivity contribution in [3.05, 3.63) is 0 Å². The van der Waals surface area contributed by atoms with Crippen LogP contribution in [0.1, 0.15) is 59.3 Å². The molecule has 1 aliphatic heterocycles. The maximum Gasteiger partial charge on any atom is 0.251 e. The van der Waals surface area contributed by atoms with Crippen molar-refractivity contribution < 1.29 is 4.79 Å². The zero-order chi connectivity index (χ0) is 13.6. The molecule has 1 unspecified atom stereocenters. The number of nitrogens with two attached hydrogens (primary N) is 1. The SMILES string of the molecule is CCCC(C(=O)NN)N1CCC(CC)(CC)CC1. The number of carbonyl (C=O) groups excluding carboxylic acids is 1. The first-order valence-electron chi connectivity index (χ1n) is 7.37. The lowest BCUT2D eigenvalue weighted by molar-refractivity contribution is -0.128. The van der Waals surface area contributed by atoms with Crippen molar-refractivity contribution in [2.75, 3.05) is 13.1 Å². The summed E-state index contributed by atoms with van der Waals surface area (Å²) in [6.07, 6.45) is 6.82. The van der Waals surface area contributed by atoms with Gasteiger partial charge in [0.2, 0.25) is 0 Å². The van der Waals surface area contributed by atoms with Crippen LogP contribution < -0.4 is 11.3 Å². The fraction of sp³-hybridized carbons (Fsp3) is 0.929. The smallest absolute Gasteiger partial charge is 0.251 e. The number of likely N-dealkylation sites (tertiary alicyclic amines) is 1. The number of nitrogens with zero attached hydrogens (tertiary/aromatic N) is 1. The minimum atomic E-state index is -0.0355. The number of hydrogen-bond donors (Lipinski definition) is 2. The van der Waals surface area contributed by atoms with E-state index in [-0.39, 0.29) is 11.9 Å². The first-order valence-corrected chi connectivity index (χ1v) is 7.37. The Hall–Kier alpha value is -0.610. The number of nitrogens with one attached hydrogen (secondary N) is 1. The molecule has 0 aromatic carbocycles. The number of hydrazine groups is 1. The van der Waals surface area contributed by atoms with E-state index >= 15 is 0 Å². The van der Waals surface area contributed by atoms with Crippen molar-refractivity contribution in [3.8, 4) is 0 Å². The van der Waals surface area contributed by atoms with Gasteiger partial charge in [-0.15, -0.1) is 0 Å². The number of amides is 1. The largest absolute Gasteiger partial charge is 0.293 e. The van der Waals surface area contributed by atoms with Gasteiger partial charge in [-0.05, 0) is 37.8 Å². The van der Waals surface area contributed by atoms with Crippen LogP contribution in [-0.4, -0.2) is 29.9 Å². The van der Waals surface area contributed by atoms with E-state index in [0.717, 1.165) is 25.9 Å². The van der Waals surface area contributed by atoms with E-state index in [2.05, 4.69) is 31.1 Å². The Morgan fingerprint density at radius 3 is 2.22 bits per heavy atom. The van der Waals surface area contributed by atoms with E-state index in [1.807, 2.05) is 0 Å². The first-order chi connectivity index (χ1) is 8.62. The highest BCUT2D eigenvalue weighted by molar-refractivity contribution is 5.81. The fourth-order valence-electron chi connectivity index (χ4n) is 3.12. The van der Waals surface area contributed by atoms with Crippen LogP contribution in [-0.2, 0) is 4.79 Å². The van der Waals surface area contributed by atoms with Crippen molar-refractivity contribution in [3.63, 3.8) is 0 Å². The van der Waals surface area contributed by atoms with Crippen LogP contribution in [0, 0.1) is 5.41 Å². The summed E-state index contributed by atoms with van der Waals surface area (Å²) in [5, 5.41) is 0. The second kappa shape index (κ2) is 7.10. The maximum atomic E-state index is 11.8. The van der Waals surface area contributed by atoms with Crippen LogP contribution in [0.4, 0.5) is 0 Å². The van der Waals surface area contributed by atoms with Gasteiger partial charge in [-0.1, -0.05) is 40.0 Å². The second-order valence-corrected chi connectivity index (χ2v) is 5.56. The standard InChI is InChI=1S/C14H29N3O/c1-4-7-12(13(18)16-15)17-10-8-14(5-2,6-3)9-11-17/h12H,4-11,15H2,1-3H3,(H,16,18). The lowest BCUT2D eigenvalue weighted by Crippen LogP contribution is -2.52. The Bertz CT molecular complexity index is 254. The molecule has 0 bridgehead atoms. The lowest BCUT2D eigenvalue weighted by Gasteiger charge is -2.43. The molecule has 0 aliphatic carbocycles. The minimum Gasteiger partial charge on any atom is -0.293 e. The van der Waals surface area contributed by atoms with Crippen molar-refractivity contribution >= 4 is 5.91 Å². The van der Waals surface area contributed by atoms with Crippen LogP contribution >= 0.6 is 0 Å². The van der Waals surface area contributed by atoms with E-state index in [0.29, 0.717) is 5.41 Å². The summed E-state index contributed by atoms with van der Waals surface area (Å²) in [5.74, 6) is 5.26. The van der Waals surface area contributed by atoms with Crippen molar-refractivity contribution in [1.82, 2.24) is 10.3 Å². The summed E-state index contributed by atoms with van der Waals surface area (Å²) in [6.45, 7) is 8.74. The molecule has 106 valence electrons. The van der Waals surface area contributed by atoms with Crippen LogP contribution in [0.5, 0.6) is 0 Å². The fourth-order valence-corrected chi connectivity index (χ4v) is 3.12. The van der Waals surface area contributed by atoms with Gasteiger partial charge in [0, 0.05) is 0 Å². The minimum absolute atomic E-state index is 0.0302. The van der Waals surface area contributed by atoms with E-state index in [9.17, 15) is 4.79 Å². The van der Waals surface area contributed by atoms with E-state index in [1.54, 1.807) is 0 Å². The average Bonchev–Trinajstić information content (AvgIpc) is 2.44. The normalized spacial score (nSPS) is 21.6. The zero-order valence-electron chi connectivity index (χ0n) is 12.2. The van der Waals surface area contributed by atoms with Gasteiger partial charge < -0.3 is 0 Å². The Labute approximate surface area is 111 Å². The van der Waals surface area contributed by atoms with Gasteiger partial charge in [0.1, 0.15) is 0 Å². The van der Waals surface area contributed by atoms with E-state index in [4.69, 9.17) is 5.84 Å². The third-order valence-corrected chi connectivity index (χ3v) is 4.81. The Morgan fingerprint density at radius 2 is 1.83 bits per heavy atom. The summed E-state index contributed by atoms with van der Waals surface area (Å²) in [6, 6.07) is -0.0355. The topological polar surface area (TPSA) is 58.4 Å². The molecule has 3 N–H and O–H groups in total. The molecule has 18 heavy (non-hydrogen) atoms.